The molecule has 5 nitrogen and oxygen atoms in total. The minimum absolute atomic E-state index is 0.0513. The van der Waals surface area contributed by atoms with Crippen LogP contribution in [-0.4, -0.2) is 19.3 Å². The Morgan fingerprint density at radius 1 is 1.13 bits per heavy atom. The van der Waals surface area contributed by atoms with Gasteiger partial charge in [-0.1, -0.05) is 6.07 Å². The summed E-state index contributed by atoms with van der Waals surface area (Å²) >= 11 is 0. The summed E-state index contributed by atoms with van der Waals surface area (Å²) in [6.07, 6.45) is -3.67. The number of ether oxygens (including phenoxy) is 3. The molecular formula is C16H11F2NO4. The first-order chi connectivity index (χ1) is 11.0. The summed E-state index contributed by atoms with van der Waals surface area (Å²) in [5, 5.41) is 0. The van der Waals surface area contributed by atoms with Crippen molar-refractivity contribution in [2.75, 3.05) is 12.0 Å². The van der Waals surface area contributed by atoms with Crippen LogP contribution in [0.2, 0.25) is 0 Å². The Balaban J connectivity index is 1.67. The van der Waals surface area contributed by atoms with Crippen LogP contribution in [-0.2, 0) is 6.54 Å². The zero-order chi connectivity index (χ0) is 16.2. The Morgan fingerprint density at radius 3 is 2.70 bits per heavy atom. The van der Waals surface area contributed by atoms with Gasteiger partial charge in [0.2, 0.25) is 0 Å². The monoisotopic (exact) mass is 319 g/mol. The minimum atomic E-state index is -3.67. The highest BCUT2D eigenvalue weighted by Crippen LogP contribution is 2.43. The van der Waals surface area contributed by atoms with E-state index in [1.54, 1.807) is 18.2 Å². The molecule has 0 N–H and O–H groups in total. The van der Waals surface area contributed by atoms with E-state index in [9.17, 15) is 13.6 Å². The summed E-state index contributed by atoms with van der Waals surface area (Å²) in [4.78, 5) is 14.0. The number of rotatable bonds is 2. The average molecular weight is 319 g/mol. The van der Waals surface area contributed by atoms with Crippen molar-refractivity contribution < 1.29 is 27.8 Å². The molecule has 0 bridgehead atoms. The predicted molar refractivity (Wildman–Crippen MR) is 76.2 cm³/mol. The second-order valence-electron chi connectivity index (χ2n) is 5.21. The first-order valence-electron chi connectivity index (χ1n) is 6.85. The molecule has 23 heavy (non-hydrogen) atoms. The smallest absolute Gasteiger partial charge is 0.497 e. The molecule has 0 spiro atoms. The van der Waals surface area contributed by atoms with E-state index in [4.69, 9.17) is 4.74 Å². The van der Waals surface area contributed by atoms with E-state index in [2.05, 4.69) is 9.47 Å². The van der Waals surface area contributed by atoms with Gasteiger partial charge in [-0.3, -0.25) is 4.79 Å². The minimum Gasteiger partial charge on any atom is -0.497 e. The van der Waals surface area contributed by atoms with Crippen molar-refractivity contribution in [1.82, 2.24) is 0 Å². The predicted octanol–water partition coefficient (Wildman–Crippen LogP) is 3.18. The Bertz CT molecular complexity index is 822. The molecule has 2 aromatic rings. The normalized spacial score (nSPS) is 17.3. The number of methoxy groups -OCH3 is 1. The van der Waals surface area contributed by atoms with Crippen molar-refractivity contribution in [3.8, 4) is 17.2 Å². The molecule has 118 valence electrons. The van der Waals surface area contributed by atoms with Crippen molar-refractivity contribution in [2.45, 2.75) is 12.8 Å². The number of nitrogens with zero attached hydrogens (tertiary/aromatic N) is 1. The number of carbonyl (C=O) groups is 1. The topological polar surface area (TPSA) is 48.0 Å². The Kier molecular flexibility index (Phi) is 2.75. The second kappa shape index (κ2) is 4.58. The fraction of sp³-hybridized carbons (Fsp3) is 0.188. The van der Waals surface area contributed by atoms with Crippen LogP contribution in [0.3, 0.4) is 0 Å². The van der Waals surface area contributed by atoms with Crippen LogP contribution in [0.15, 0.2) is 36.4 Å². The molecule has 0 aliphatic carbocycles. The third-order valence-electron chi connectivity index (χ3n) is 3.82. The van der Waals surface area contributed by atoms with Crippen LogP contribution < -0.4 is 19.1 Å². The molecule has 4 rings (SSSR count). The van der Waals surface area contributed by atoms with Gasteiger partial charge in [0, 0.05) is 17.3 Å². The second-order valence-corrected chi connectivity index (χ2v) is 5.21. The van der Waals surface area contributed by atoms with Gasteiger partial charge in [0.05, 0.1) is 13.7 Å². The summed E-state index contributed by atoms with van der Waals surface area (Å²) in [7, 11) is 1.52. The van der Waals surface area contributed by atoms with Gasteiger partial charge in [-0.25, -0.2) is 0 Å². The summed E-state index contributed by atoms with van der Waals surface area (Å²) < 4.78 is 40.1. The number of carbonyl (C=O) groups excluding carboxylic acids is 1. The first kappa shape index (κ1) is 13.8. The lowest BCUT2D eigenvalue weighted by Gasteiger charge is -2.15. The first-order valence-corrected chi connectivity index (χ1v) is 6.85. The number of benzene rings is 2. The number of halogens is 2. The average Bonchev–Trinajstić information content (AvgIpc) is 3.01. The molecule has 0 radical (unpaired) electrons. The van der Waals surface area contributed by atoms with Crippen molar-refractivity contribution in [2.24, 2.45) is 0 Å². The third-order valence-corrected chi connectivity index (χ3v) is 3.82. The van der Waals surface area contributed by atoms with Gasteiger partial charge in [0.25, 0.3) is 5.91 Å². The van der Waals surface area contributed by atoms with Crippen LogP contribution in [0.25, 0.3) is 0 Å². The van der Waals surface area contributed by atoms with Gasteiger partial charge in [0.15, 0.2) is 11.5 Å². The highest BCUT2D eigenvalue weighted by molar-refractivity contribution is 6.10. The molecule has 0 saturated carbocycles. The third kappa shape index (κ3) is 2.16. The molecular weight excluding hydrogens is 308 g/mol. The lowest BCUT2D eigenvalue weighted by Crippen LogP contribution is -2.26. The van der Waals surface area contributed by atoms with Gasteiger partial charge in [-0.05, 0) is 29.8 Å². The molecule has 7 heteroatoms. The Morgan fingerprint density at radius 2 is 1.91 bits per heavy atom. The maximum absolute atomic E-state index is 13.1. The van der Waals surface area contributed by atoms with Crippen LogP contribution in [0, 0.1) is 0 Å². The van der Waals surface area contributed by atoms with Crippen molar-refractivity contribution in [3.05, 3.63) is 47.5 Å². The quantitative estimate of drug-likeness (QED) is 0.853. The highest BCUT2D eigenvalue weighted by Gasteiger charge is 2.44. The van der Waals surface area contributed by atoms with Crippen LogP contribution in [0.4, 0.5) is 14.5 Å². The fourth-order valence-electron chi connectivity index (χ4n) is 2.72. The number of alkyl halides is 2. The van der Waals surface area contributed by atoms with Gasteiger partial charge in [-0.2, -0.15) is 0 Å². The number of hydrogen-bond acceptors (Lipinski definition) is 4. The van der Waals surface area contributed by atoms with Crippen molar-refractivity contribution in [3.63, 3.8) is 0 Å². The lowest BCUT2D eigenvalue weighted by atomic mass is 10.1. The Hall–Kier alpha value is -2.83. The van der Waals surface area contributed by atoms with Crippen molar-refractivity contribution in [1.29, 1.82) is 0 Å². The van der Waals surface area contributed by atoms with E-state index in [-0.39, 0.29) is 17.4 Å². The standard InChI is InChI=1S/C16H11F2NO4/c1-21-11-4-2-9-8-19(15(20)12(9)7-11)10-3-5-13-14(6-10)23-16(17,18)22-13/h2-7H,8H2,1H3. The van der Waals surface area contributed by atoms with Gasteiger partial charge in [-0.15, -0.1) is 8.78 Å². The van der Waals surface area contributed by atoms with Crippen molar-refractivity contribution >= 4 is 11.6 Å². The van der Waals surface area contributed by atoms with E-state index >= 15 is 0 Å². The number of hydrogen-bond donors (Lipinski definition) is 0. The zero-order valence-electron chi connectivity index (χ0n) is 12.0. The van der Waals surface area contributed by atoms with E-state index in [1.807, 2.05) is 6.07 Å². The maximum Gasteiger partial charge on any atom is 0.586 e. The van der Waals surface area contributed by atoms with Crippen LogP contribution in [0.1, 0.15) is 15.9 Å². The van der Waals surface area contributed by atoms with E-state index in [1.165, 1.54) is 24.1 Å². The van der Waals surface area contributed by atoms with Crippen LogP contribution in [0.5, 0.6) is 17.2 Å². The van der Waals surface area contributed by atoms with Gasteiger partial charge < -0.3 is 19.1 Å². The molecule has 2 aromatic carbocycles. The number of fused-ring (bicyclic) bond motifs is 2. The SMILES string of the molecule is COc1ccc2c(c1)C(=O)N(c1ccc3c(c1)OC(F)(F)O3)C2. The molecule has 0 atom stereocenters. The van der Waals surface area contributed by atoms with Gasteiger partial charge in [0.1, 0.15) is 5.75 Å². The Labute approximate surface area is 130 Å². The molecule has 2 heterocycles. The zero-order valence-corrected chi connectivity index (χ0v) is 12.0. The molecule has 2 aliphatic rings. The largest absolute Gasteiger partial charge is 0.586 e. The van der Waals surface area contributed by atoms with Gasteiger partial charge >= 0.3 is 6.29 Å². The fourth-order valence-corrected chi connectivity index (χ4v) is 2.72. The van der Waals surface area contributed by atoms with Crippen LogP contribution >= 0.6 is 0 Å². The molecule has 2 aliphatic heterocycles. The number of amides is 1. The van der Waals surface area contributed by atoms with E-state index < -0.39 is 6.29 Å². The molecule has 0 fully saturated rings. The molecule has 0 saturated heterocycles. The number of anilines is 1. The van der Waals surface area contributed by atoms with E-state index in [0.29, 0.717) is 23.5 Å². The summed E-state index contributed by atoms with van der Waals surface area (Å²) in [6.45, 7) is 0.355. The lowest BCUT2D eigenvalue weighted by molar-refractivity contribution is -0.286. The summed E-state index contributed by atoms with van der Waals surface area (Å²) in [5.41, 5.74) is 1.84. The molecule has 0 aromatic heterocycles. The van der Waals surface area contributed by atoms with E-state index in [0.717, 1.165) is 5.56 Å². The molecule has 1 amide bonds. The molecule has 0 unspecified atom stereocenters. The maximum atomic E-state index is 13.1. The summed E-state index contributed by atoms with van der Waals surface area (Å²) in [5.74, 6) is 0.229. The highest BCUT2D eigenvalue weighted by atomic mass is 19.3. The summed E-state index contributed by atoms with van der Waals surface area (Å²) in [6, 6.07) is 9.53.